The third kappa shape index (κ3) is 2.73. The lowest BCUT2D eigenvalue weighted by molar-refractivity contribution is 0.214. The van der Waals surface area contributed by atoms with Crippen LogP contribution in [0.15, 0.2) is 18.2 Å². The molecule has 2 saturated heterocycles. The molecule has 2 N–H and O–H groups in total. The Balaban J connectivity index is 1.72. The van der Waals surface area contributed by atoms with Crippen molar-refractivity contribution in [3.63, 3.8) is 0 Å². The first-order chi connectivity index (χ1) is 9.67. The van der Waals surface area contributed by atoms with Gasteiger partial charge in [0.25, 0.3) is 0 Å². The highest BCUT2D eigenvalue weighted by Crippen LogP contribution is 2.29. The third-order valence-corrected chi connectivity index (χ3v) is 5.01. The maximum Gasteiger partial charge on any atom is 0.123 e. The molecule has 110 valence electrons. The molecule has 2 heterocycles. The zero-order valence-electron chi connectivity index (χ0n) is 12.2. The van der Waals surface area contributed by atoms with Gasteiger partial charge in [-0.1, -0.05) is 6.07 Å². The summed E-state index contributed by atoms with van der Waals surface area (Å²) in [5.74, 6) is -0.191. The Hall–Kier alpha value is -0.970. The molecule has 20 heavy (non-hydrogen) atoms. The molecule has 2 bridgehead atoms. The second-order valence-electron chi connectivity index (χ2n) is 6.19. The number of rotatable bonds is 3. The van der Waals surface area contributed by atoms with Crippen molar-refractivity contribution in [1.82, 2.24) is 9.80 Å². The Morgan fingerprint density at radius 3 is 2.80 bits per heavy atom. The molecule has 0 saturated carbocycles. The molecule has 2 unspecified atom stereocenters. The maximum atomic E-state index is 13.3. The van der Waals surface area contributed by atoms with Crippen LogP contribution in [0.1, 0.15) is 30.4 Å². The summed E-state index contributed by atoms with van der Waals surface area (Å²) in [5, 5.41) is 0. The van der Waals surface area contributed by atoms with E-state index in [4.69, 9.17) is 5.73 Å². The van der Waals surface area contributed by atoms with E-state index < -0.39 is 0 Å². The van der Waals surface area contributed by atoms with Gasteiger partial charge in [-0.3, -0.25) is 9.80 Å². The monoisotopic (exact) mass is 277 g/mol. The first-order valence-corrected chi connectivity index (χ1v) is 7.59. The van der Waals surface area contributed by atoms with Crippen molar-refractivity contribution in [3.05, 3.63) is 35.1 Å². The van der Waals surface area contributed by atoms with E-state index in [1.165, 1.54) is 24.8 Å². The standard InChI is InChI=1S/C16H24FN3/c1-19-15-4-5-16(19)11-20(7-6-15)10-12-2-3-14(17)8-13(12)9-18/h2-3,8,15-16H,4-7,9-11,18H2,1H3. The van der Waals surface area contributed by atoms with Gasteiger partial charge in [-0.15, -0.1) is 0 Å². The first kappa shape index (κ1) is 14.0. The topological polar surface area (TPSA) is 32.5 Å². The summed E-state index contributed by atoms with van der Waals surface area (Å²) in [7, 11) is 2.26. The summed E-state index contributed by atoms with van der Waals surface area (Å²) < 4.78 is 13.3. The SMILES string of the molecule is CN1C2CCC1CN(Cc1ccc(F)cc1CN)CC2. The van der Waals surface area contributed by atoms with E-state index in [0.29, 0.717) is 12.6 Å². The highest BCUT2D eigenvalue weighted by atomic mass is 19.1. The molecular weight excluding hydrogens is 253 g/mol. The van der Waals surface area contributed by atoms with E-state index in [-0.39, 0.29) is 5.82 Å². The van der Waals surface area contributed by atoms with Crippen molar-refractivity contribution in [2.75, 3.05) is 20.1 Å². The Kier molecular flexibility index (Phi) is 4.06. The maximum absolute atomic E-state index is 13.3. The molecule has 4 heteroatoms. The molecule has 0 aliphatic carbocycles. The third-order valence-electron chi connectivity index (χ3n) is 5.01. The highest BCUT2D eigenvalue weighted by molar-refractivity contribution is 5.27. The van der Waals surface area contributed by atoms with Crippen molar-refractivity contribution in [2.45, 2.75) is 44.4 Å². The minimum atomic E-state index is -0.191. The number of likely N-dealkylation sites (N-methyl/N-ethyl adjacent to an activating group) is 1. The van der Waals surface area contributed by atoms with Crippen LogP contribution in [0.3, 0.4) is 0 Å². The van der Waals surface area contributed by atoms with Crippen LogP contribution in [0.2, 0.25) is 0 Å². The number of benzene rings is 1. The molecule has 0 radical (unpaired) electrons. The average molecular weight is 277 g/mol. The predicted molar refractivity (Wildman–Crippen MR) is 78.8 cm³/mol. The van der Waals surface area contributed by atoms with Gasteiger partial charge in [0.1, 0.15) is 5.82 Å². The lowest BCUT2D eigenvalue weighted by atomic mass is 10.0. The Labute approximate surface area is 120 Å². The molecule has 0 amide bonds. The molecule has 0 spiro atoms. The zero-order valence-corrected chi connectivity index (χ0v) is 12.2. The fourth-order valence-electron chi connectivity index (χ4n) is 3.70. The van der Waals surface area contributed by atoms with Crippen molar-refractivity contribution >= 4 is 0 Å². The molecule has 2 fully saturated rings. The van der Waals surface area contributed by atoms with Crippen LogP contribution in [0.4, 0.5) is 4.39 Å². The van der Waals surface area contributed by atoms with Crippen LogP contribution in [-0.4, -0.2) is 42.0 Å². The Bertz CT molecular complexity index is 477. The second-order valence-corrected chi connectivity index (χ2v) is 6.19. The normalized spacial score (nSPS) is 27.8. The van der Waals surface area contributed by atoms with Crippen molar-refractivity contribution < 1.29 is 4.39 Å². The van der Waals surface area contributed by atoms with Crippen LogP contribution in [0.5, 0.6) is 0 Å². The first-order valence-electron chi connectivity index (χ1n) is 7.59. The summed E-state index contributed by atoms with van der Waals surface area (Å²) in [6.07, 6.45) is 3.90. The summed E-state index contributed by atoms with van der Waals surface area (Å²) in [5.41, 5.74) is 7.86. The van der Waals surface area contributed by atoms with Crippen LogP contribution in [0, 0.1) is 5.82 Å². The smallest absolute Gasteiger partial charge is 0.123 e. The summed E-state index contributed by atoms with van der Waals surface area (Å²) in [6, 6.07) is 6.46. The molecule has 1 aromatic carbocycles. The fraction of sp³-hybridized carbons (Fsp3) is 0.625. The largest absolute Gasteiger partial charge is 0.326 e. The molecule has 3 rings (SSSR count). The minimum absolute atomic E-state index is 0.191. The number of nitrogens with two attached hydrogens (primary N) is 1. The van der Waals surface area contributed by atoms with Gasteiger partial charge in [-0.2, -0.15) is 0 Å². The number of hydrogen-bond donors (Lipinski definition) is 1. The number of nitrogens with zero attached hydrogens (tertiary/aromatic N) is 2. The van der Waals surface area contributed by atoms with E-state index in [1.54, 1.807) is 12.1 Å². The number of likely N-dealkylation sites (tertiary alicyclic amines) is 1. The predicted octanol–water partition coefficient (Wildman–Crippen LogP) is 1.95. The van der Waals surface area contributed by atoms with Gasteiger partial charge in [0.05, 0.1) is 0 Å². The van der Waals surface area contributed by atoms with Gasteiger partial charge in [-0.25, -0.2) is 4.39 Å². The lowest BCUT2D eigenvalue weighted by Crippen LogP contribution is -2.36. The van der Waals surface area contributed by atoms with Crippen LogP contribution in [-0.2, 0) is 13.1 Å². The number of fused-ring (bicyclic) bond motifs is 2. The fourth-order valence-corrected chi connectivity index (χ4v) is 3.70. The van der Waals surface area contributed by atoms with Gasteiger partial charge < -0.3 is 5.73 Å². The highest BCUT2D eigenvalue weighted by Gasteiger charge is 2.34. The van der Waals surface area contributed by atoms with Gasteiger partial charge >= 0.3 is 0 Å². The average Bonchev–Trinajstić information content (AvgIpc) is 2.68. The molecule has 2 aliphatic heterocycles. The Morgan fingerprint density at radius 2 is 2.00 bits per heavy atom. The number of halogens is 1. The van der Waals surface area contributed by atoms with E-state index in [2.05, 4.69) is 16.8 Å². The van der Waals surface area contributed by atoms with Gasteiger partial charge in [0, 0.05) is 38.3 Å². The van der Waals surface area contributed by atoms with Gasteiger partial charge in [0.15, 0.2) is 0 Å². The quantitative estimate of drug-likeness (QED) is 0.916. The summed E-state index contributed by atoms with van der Waals surface area (Å²) in [4.78, 5) is 5.06. The minimum Gasteiger partial charge on any atom is -0.326 e. The van der Waals surface area contributed by atoms with E-state index >= 15 is 0 Å². The summed E-state index contributed by atoms with van der Waals surface area (Å²) in [6.45, 7) is 3.55. The summed E-state index contributed by atoms with van der Waals surface area (Å²) >= 11 is 0. The molecule has 0 aromatic heterocycles. The molecular formula is C16H24FN3. The van der Waals surface area contributed by atoms with E-state index in [0.717, 1.165) is 31.2 Å². The molecule has 1 aromatic rings. The van der Waals surface area contributed by atoms with Crippen molar-refractivity contribution in [3.8, 4) is 0 Å². The van der Waals surface area contributed by atoms with Crippen LogP contribution >= 0.6 is 0 Å². The molecule has 2 aliphatic rings. The lowest BCUT2D eigenvalue weighted by Gasteiger charge is -2.26. The molecule has 3 nitrogen and oxygen atoms in total. The second kappa shape index (κ2) is 5.80. The molecule has 2 atom stereocenters. The van der Waals surface area contributed by atoms with Crippen molar-refractivity contribution in [2.24, 2.45) is 5.73 Å². The van der Waals surface area contributed by atoms with Gasteiger partial charge in [0.2, 0.25) is 0 Å². The van der Waals surface area contributed by atoms with Crippen LogP contribution < -0.4 is 5.73 Å². The van der Waals surface area contributed by atoms with E-state index in [1.807, 2.05) is 6.07 Å². The van der Waals surface area contributed by atoms with E-state index in [9.17, 15) is 4.39 Å². The van der Waals surface area contributed by atoms with Crippen LogP contribution in [0.25, 0.3) is 0 Å². The van der Waals surface area contributed by atoms with Crippen molar-refractivity contribution in [1.29, 1.82) is 0 Å². The van der Waals surface area contributed by atoms with Gasteiger partial charge in [-0.05, 0) is 49.6 Å². The Morgan fingerprint density at radius 1 is 1.20 bits per heavy atom. The number of hydrogen-bond acceptors (Lipinski definition) is 3. The zero-order chi connectivity index (χ0) is 14.1.